The zero-order valence-corrected chi connectivity index (χ0v) is 12.1. The van der Waals surface area contributed by atoms with Gasteiger partial charge in [-0.1, -0.05) is 24.7 Å². The Bertz CT molecular complexity index is 574. The second-order valence-electron chi connectivity index (χ2n) is 4.39. The van der Waals surface area contributed by atoms with E-state index in [2.05, 4.69) is 22.4 Å². The normalized spacial score (nSPS) is 10.7. The van der Waals surface area contributed by atoms with E-state index in [4.69, 9.17) is 4.42 Å². The molecule has 0 saturated heterocycles. The summed E-state index contributed by atoms with van der Waals surface area (Å²) in [5, 5.41) is 12.3. The largest absolute Gasteiger partial charge is 0.466 e. The van der Waals surface area contributed by atoms with E-state index >= 15 is 0 Å². The third-order valence-corrected chi connectivity index (χ3v) is 3.62. The van der Waals surface area contributed by atoms with Crippen LogP contribution in [0, 0.1) is 13.8 Å². The maximum Gasteiger partial charge on any atom is 0.261 e. The summed E-state index contributed by atoms with van der Waals surface area (Å²) < 4.78 is 5.34. The fourth-order valence-electron chi connectivity index (χ4n) is 1.75. The molecule has 5 nitrogen and oxygen atoms in total. The van der Waals surface area contributed by atoms with Gasteiger partial charge in [0.1, 0.15) is 16.5 Å². The zero-order chi connectivity index (χ0) is 13.8. The maximum absolute atomic E-state index is 12.0. The Labute approximate surface area is 116 Å². The number of hydrogen-bond acceptors (Lipinski definition) is 5. The molecule has 1 N–H and O–H groups in total. The molecule has 2 rings (SSSR count). The topological polar surface area (TPSA) is 68.0 Å². The molecular formula is C13H17N3O2S. The van der Waals surface area contributed by atoms with Gasteiger partial charge >= 0.3 is 0 Å². The summed E-state index contributed by atoms with van der Waals surface area (Å²) in [6.07, 6.45) is 3.12. The second kappa shape index (κ2) is 5.97. The van der Waals surface area contributed by atoms with Crippen molar-refractivity contribution in [3.63, 3.8) is 0 Å². The van der Waals surface area contributed by atoms with E-state index in [1.54, 1.807) is 13.0 Å². The number of hydrogen-bond donors (Lipinski definition) is 1. The van der Waals surface area contributed by atoms with Gasteiger partial charge in [-0.2, -0.15) is 0 Å². The van der Waals surface area contributed by atoms with Crippen molar-refractivity contribution >= 4 is 22.4 Å². The predicted molar refractivity (Wildman–Crippen MR) is 74.7 cm³/mol. The minimum Gasteiger partial charge on any atom is -0.466 e. The summed E-state index contributed by atoms with van der Waals surface area (Å²) >= 11 is 1.42. The number of furan rings is 1. The minimum absolute atomic E-state index is 0.201. The summed E-state index contributed by atoms with van der Waals surface area (Å²) in [6, 6.07) is 1.73. The lowest BCUT2D eigenvalue weighted by atomic mass is 10.2. The molecular weight excluding hydrogens is 262 g/mol. The molecule has 0 aliphatic heterocycles. The summed E-state index contributed by atoms with van der Waals surface area (Å²) in [7, 11) is 0. The first-order valence-corrected chi connectivity index (χ1v) is 7.12. The number of unbranched alkanes of at least 4 members (excludes halogenated alkanes) is 1. The Morgan fingerprint density at radius 3 is 2.84 bits per heavy atom. The van der Waals surface area contributed by atoms with E-state index < -0.39 is 0 Å². The van der Waals surface area contributed by atoms with Gasteiger partial charge < -0.3 is 4.42 Å². The van der Waals surface area contributed by atoms with Crippen LogP contribution in [0.1, 0.15) is 46.7 Å². The van der Waals surface area contributed by atoms with E-state index in [0.29, 0.717) is 16.5 Å². The summed E-state index contributed by atoms with van der Waals surface area (Å²) in [6.45, 7) is 5.72. The number of carbonyl (C=O) groups excluding carboxylic acids is 1. The number of amides is 1. The van der Waals surface area contributed by atoms with Crippen molar-refractivity contribution in [3.8, 4) is 0 Å². The Balaban J connectivity index is 2.02. The highest BCUT2D eigenvalue weighted by Crippen LogP contribution is 2.20. The SMILES string of the molecule is CCCCc1nnc(NC(=O)c2cc(C)oc2C)s1. The summed E-state index contributed by atoms with van der Waals surface area (Å²) in [5.74, 6) is 1.14. The van der Waals surface area contributed by atoms with Crippen molar-refractivity contribution < 1.29 is 9.21 Å². The van der Waals surface area contributed by atoms with Crippen LogP contribution in [0.4, 0.5) is 5.13 Å². The summed E-state index contributed by atoms with van der Waals surface area (Å²) in [5.41, 5.74) is 0.544. The van der Waals surface area contributed by atoms with Crippen molar-refractivity contribution in [1.82, 2.24) is 10.2 Å². The van der Waals surface area contributed by atoms with E-state index in [1.807, 2.05) is 6.92 Å². The first-order valence-electron chi connectivity index (χ1n) is 6.31. The summed E-state index contributed by atoms with van der Waals surface area (Å²) in [4.78, 5) is 12.0. The van der Waals surface area contributed by atoms with E-state index in [1.165, 1.54) is 11.3 Å². The molecule has 0 fully saturated rings. The first kappa shape index (κ1) is 13.7. The number of nitrogens with zero attached hydrogens (tertiary/aromatic N) is 2. The first-order chi connectivity index (χ1) is 9.10. The fraction of sp³-hybridized carbons (Fsp3) is 0.462. The highest BCUT2D eigenvalue weighted by atomic mass is 32.1. The molecule has 0 aliphatic carbocycles. The molecule has 0 radical (unpaired) electrons. The number of nitrogens with one attached hydrogen (secondary N) is 1. The van der Waals surface area contributed by atoms with E-state index in [-0.39, 0.29) is 5.91 Å². The van der Waals surface area contributed by atoms with Crippen LogP contribution >= 0.6 is 11.3 Å². The molecule has 0 unspecified atom stereocenters. The molecule has 6 heteroatoms. The molecule has 0 atom stereocenters. The van der Waals surface area contributed by atoms with Crippen molar-refractivity contribution in [1.29, 1.82) is 0 Å². The molecule has 2 aromatic rings. The van der Waals surface area contributed by atoms with E-state index in [9.17, 15) is 4.79 Å². The minimum atomic E-state index is -0.201. The van der Waals surface area contributed by atoms with Crippen LogP contribution in [-0.2, 0) is 6.42 Å². The van der Waals surface area contributed by atoms with Gasteiger partial charge in [-0.15, -0.1) is 10.2 Å². The van der Waals surface area contributed by atoms with Gasteiger partial charge in [-0.25, -0.2) is 0 Å². The lowest BCUT2D eigenvalue weighted by Crippen LogP contribution is -2.11. The van der Waals surface area contributed by atoms with Crippen LogP contribution < -0.4 is 5.32 Å². The monoisotopic (exact) mass is 279 g/mol. The molecule has 0 bridgehead atoms. The average Bonchev–Trinajstić information content (AvgIpc) is 2.93. The van der Waals surface area contributed by atoms with Gasteiger partial charge in [0.2, 0.25) is 5.13 Å². The Morgan fingerprint density at radius 2 is 2.21 bits per heavy atom. The molecule has 0 saturated carbocycles. The second-order valence-corrected chi connectivity index (χ2v) is 5.45. The van der Waals surface area contributed by atoms with Crippen molar-refractivity contribution in [3.05, 3.63) is 28.2 Å². The Kier molecular flexibility index (Phi) is 4.31. The molecule has 1 amide bonds. The lowest BCUT2D eigenvalue weighted by molar-refractivity contribution is 0.102. The Hall–Kier alpha value is -1.69. The molecule has 0 spiro atoms. The third-order valence-electron chi connectivity index (χ3n) is 2.72. The molecule has 102 valence electrons. The molecule has 19 heavy (non-hydrogen) atoms. The predicted octanol–water partition coefficient (Wildman–Crippen LogP) is 3.34. The van der Waals surface area contributed by atoms with Gasteiger partial charge in [0.15, 0.2) is 0 Å². The van der Waals surface area contributed by atoms with Gasteiger partial charge in [0.25, 0.3) is 5.91 Å². The van der Waals surface area contributed by atoms with Crippen LogP contribution in [0.25, 0.3) is 0 Å². The van der Waals surface area contributed by atoms with Gasteiger partial charge in [0, 0.05) is 6.42 Å². The van der Waals surface area contributed by atoms with E-state index in [0.717, 1.165) is 30.0 Å². The molecule has 0 aliphatic rings. The van der Waals surface area contributed by atoms with Crippen LogP contribution in [-0.4, -0.2) is 16.1 Å². The van der Waals surface area contributed by atoms with Crippen molar-refractivity contribution in [2.45, 2.75) is 40.0 Å². The number of aryl methyl sites for hydroxylation is 3. The van der Waals surface area contributed by atoms with Gasteiger partial charge in [0.05, 0.1) is 5.56 Å². The van der Waals surface area contributed by atoms with Crippen molar-refractivity contribution in [2.24, 2.45) is 0 Å². The number of anilines is 1. The number of rotatable bonds is 5. The highest BCUT2D eigenvalue weighted by Gasteiger charge is 2.15. The Morgan fingerprint density at radius 1 is 1.42 bits per heavy atom. The molecule has 2 heterocycles. The number of aromatic nitrogens is 2. The molecule has 0 aromatic carbocycles. The van der Waals surface area contributed by atoms with Crippen molar-refractivity contribution in [2.75, 3.05) is 5.32 Å². The van der Waals surface area contributed by atoms with Crippen LogP contribution in [0.3, 0.4) is 0 Å². The fourth-order valence-corrected chi connectivity index (χ4v) is 2.53. The van der Waals surface area contributed by atoms with Crippen LogP contribution in [0.15, 0.2) is 10.5 Å². The zero-order valence-electron chi connectivity index (χ0n) is 11.3. The maximum atomic E-state index is 12.0. The lowest BCUT2D eigenvalue weighted by Gasteiger charge is -1.98. The highest BCUT2D eigenvalue weighted by molar-refractivity contribution is 7.15. The third kappa shape index (κ3) is 3.41. The standard InChI is InChI=1S/C13H17N3O2S/c1-4-5-6-11-15-16-13(19-11)14-12(17)10-7-8(2)18-9(10)3/h7H,4-6H2,1-3H3,(H,14,16,17). The number of carbonyl (C=O) groups is 1. The van der Waals surface area contributed by atoms with Gasteiger partial charge in [-0.05, 0) is 26.3 Å². The van der Waals surface area contributed by atoms with Crippen LogP contribution in [0.5, 0.6) is 0 Å². The quantitative estimate of drug-likeness (QED) is 0.911. The molecule has 2 aromatic heterocycles. The van der Waals surface area contributed by atoms with Gasteiger partial charge in [-0.3, -0.25) is 10.1 Å². The van der Waals surface area contributed by atoms with Crippen LogP contribution in [0.2, 0.25) is 0 Å². The average molecular weight is 279 g/mol. The smallest absolute Gasteiger partial charge is 0.261 e.